The van der Waals surface area contributed by atoms with Crippen molar-refractivity contribution in [2.45, 2.75) is 45.6 Å². The summed E-state index contributed by atoms with van der Waals surface area (Å²) in [5.74, 6) is 1.59. The van der Waals surface area contributed by atoms with Crippen LogP contribution < -0.4 is 4.74 Å². The molecule has 3 rings (SSSR count). The van der Waals surface area contributed by atoms with Crippen LogP contribution in [-0.2, 0) is 16.0 Å². The molecule has 0 saturated carbocycles. The van der Waals surface area contributed by atoms with Gasteiger partial charge in [-0.25, -0.2) is 0 Å². The third kappa shape index (κ3) is 3.84. The molecule has 1 aromatic heterocycles. The highest BCUT2D eigenvalue weighted by Crippen LogP contribution is 2.41. The number of nitrogens with zero attached hydrogens (tertiary/aromatic N) is 1. The van der Waals surface area contributed by atoms with Gasteiger partial charge in [0.05, 0.1) is 20.3 Å². The molecule has 0 amide bonds. The Morgan fingerprint density at radius 2 is 2.15 bits per heavy atom. The van der Waals surface area contributed by atoms with Crippen molar-refractivity contribution in [3.05, 3.63) is 29.5 Å². The summed E-state index contributed by atoms with van der Waals surface area (Å²) in [6.45, 7) is 5.44. The minimum absolute atomic E-state index is 0.114. The van der Waals surface area contributed by atoms with Crippen LogP contribution >= 0.6 is 0 Å². The van der Waals surface area contributed by atoms with Crippen molar-refractivity contribution in [3.63, 3.8) is 0 Å². The number of hydrogen-bond acceptors (Lipinski definition) is 4. The number of methoxy groups -OCH3 is 2. The molecule has 5 nitrogen and oxygen atoms in total. The van der Waals surface area contributed by atoms with Crippen molar-refractivity contribution in [3.8, 4) is 5.75 Å². The van der Waals surface area contributed by atoms with Crippen LogP contribution in [0, 0.1) is 11.8 Å². The number of esters is 1. The van der Waals surface area contributed by atoms with E-state index in [2.05, 4.69) is 36.8 Å². The van der Waals surface area contributed by atoms with Gasteiger partial charge < -0.3 is 14.5 Å². The third-order valence-electron chi connectivity index (χ3n) is 6.35. The van der Waals surface area contributed by atoms with E-state index in [9.17, 15) is 4.79 Å². The summed E-state index contributed by atoms with van der Waals surface area (Å²) < 4.78 is 10.6. The van der Waals surface area contributed by atoms with Crippen molar-refractivity contribution in [2.75, 3.05) is 27.8 Å². The second-order valence-electron chi connectivity index (χ2n) is 7.81. The lowest BCUT2D eigenvalue weighted by Gasteiger charge is -2.36. The van der Waals surface area contributed by atoms with E-state index >= 15 is 0 Å². The zero-order valence-corrected chi connectivity index (χ0v) is 17.2. The Morgan fingerprint density at radius 1 is 1.37 bits per heavy atom. The molecule has 2 aromatic rings. The first-order valence-corrected chi connectivity index (χ1v) is 9.94. The number of benzene rings is 1. The standard InChI is InChI=1S/C22H32N2O3/c1-6-14(2)15(13-20(25)27-5)12-18-22-16(10-11-24(18)3)21-17(23-22)8-7-9-19(21)26-4/h7-9,14-15,18,23H,6,10-13H2,1-5H3/t14?,15?,18-/m0/s1. The Morgan fingerprint density at radius 3 is 2.81 bits per heavy atom. The topological polar surface area (TPSA) is 54.6 Å². The van der Waals surface area contributed by atoms with E-state index in [0.29, 0.717) is 18.3 Å². The van der Waals surface area contributed by atoms with E-state index in [1.165, 1.54) is 23.8 Å². The molecule has 0 fully saturated rings. The SMILES string of the molecule is CCC(C)C(CC(=O)OC)C[C@H]1c2[nH]c3cccc(OC)c3c2CCN1C. The van der Waals surface area contributed by atoms with Gasteiger partial charge in [-0.3, -0.25) is 9.69 Å². The van der Waals surface area contributed by atoms with Gasteiger partial charge in [0, 0.05) is 29.6 Å². The molecule has 3 atom stereocenters. The van der Waals surface area contributed by atoms with Crippen molar-refractivity contribution in [1.82, 2.24) is 9.88 Å². The molecular formula is C22H32N2O3. The highest BCUT2D eigenvalue weighted by molar-refractivity contribution is 5.91. The normalized spacial score (nSPS) is 19.5. The average Bonchev–Trinajstić information content (AvgIpc) is 3.07. The van der Waals surface area contributed by atoms with Crippen LogP contribution in [0.1, 0.15) is 50.4 Å². The van der Waals surface area contributed by atoms with Crippen LogP contribution in [-0.4, -0.2) is 43.7 Å². The maximum absolute atomic E-state index is 12.0. The Kier molecular flexibility index (Phi) is 6.10. The Labute approximate surface area is 162 Å². The minimum atomic E-state index is -0.114. The molecule has 5 heteroatoms. The first-order chi connectivity index (χ1) is 13.0. The predicted octanol–water partition coefficient (Wildman–Crippen LogP) is 4.32. The smallest absolute Gasteiger partial charge is 0.305 e. The highest BCUT2D eigenvalue weighted by Gasteiger charge is 2.33. The molecule has 0 aliphatic carbocycles. The molecule has 2 heterocycles. The summed E-state index contributed by atoms with van der Waals surface area (Å²) in [5, 5.41) is 1.21. The fraction of sp³-hybridized carbons (Fsp3) is 0.591. The number of H-pyrrole nitrogens is 1. The van der Waals surface area contributed by atoms with Gasteiger partial charge >= 0.3 is 5.97 Å². The maximum atomic E-state index is 12.0. The number of hydrogen-bond donors (Lipinski definition) is 1. The quantitative estimate of drug-likeness (QED) is 0.736. The summed E-state index contributed by atoms with van der Waals surface area (Å²) in [4.78, 5) is 18.1. The molecule has 27 heavy (non-hydrogen) atoms. The minimum Gasteiger partial charge on any atom is -0.496 e. The molecule has 1 aliphatic rings. The second-order valence-corrected chi connectivity index (χ2v) is 7.81. The van der Waals surface area contributed by atoms with Crippen LogP contribution in [0.5, 0.6) is 5.75 Å². The summed E-state index contributed by atoms with van der Waals surface area (Å²) in [5.41, 5.74) is 3.78. The number of rotatable bonds is 7. The van der Waals surface area contributed by atoms with Gasteiger partial charge in [-0.2, -0.15) is 0 Å². The van der Waals surface area contributed by atoms with Crippen molar-refractivity contribution in [2.24, 2.45) is 11.8 Å². The number of ether oxygens (including phenoxy) is 2. The molecule has 0 spiro atoms. The monoisotopic (exact) mass is 372 g/mol. The fourth-order valence-corrected chi connectivity index (χ4v) is 4.41. The molecule has 0 saturated heterocycles. The lowest BCUT2D eigenvalue weighted by atomic mass is 9.81. The number of aromatic nitrogens is 1. The predicted molar refractivity (Wildman–Crippen MR) is 108 cm³/mol. The van der Waals surface area contributed by atoms with Gasteiger partial charge in [0.25, 0.3) is 0 Å². The molecule has 0 radical (unpaired) electrons. The van der Waals surface area contributed by atoms with E-state index < -0.39 is 0 Å². The molecule has 1 aliphatic heterocycles. The van der Waals surface area contributed by atoms with Gasteiger partial charge in [0.2, 0.25) is 0 Å². The highest BCUT2D eigenvalue weighted by atomic mass is 16.5. The molecule has 0 bridgehead atoms. The largest absolute Gasteiger partial charge is 0.496 e. The van der Waals surface area contributed by atoms with E-state index in [-0.39, 0.29) is 12.0 Å². The first kappa shape index (κ1) is 19.7. The van der Waals surface area contributed by atoms with E-state index in [4.69, 9.17) is 9.47 Å². The van der Waals surface area contributed by atoms with Crippen LogP contribution in [0.3, 0.4) is 0 Å². The Balaban J connectivity index is 1.97. The van der Waals surface area contributed by atoms with Gasteiger partial charge in [-0.05, 0) is 49.4 Å². The van der Waals surface area contributed by atoms with E-state index in [1.807, 2.05) is 12.1 Å². The number of fused-ring (bicyclic) bond motifs is 3. The van der Waals surface area contributed by atoms with Crippen LogP contribution in [0.25, 0.3) is 10.9 Å². The van der Waals surface area contributed by atoms with Crippen molar-refractivity contribution < 1.29 is 14.3 Å². The van der Waals surface area contributed by atoms with E-state index in [0.717, 1.165) is 37.1 Å². The first-order valence-electron chi connectivity index (χ1n) is 9.94. The molecule has 1 N–H and O–H groups in total. The van der Waals surface area contributed by atoms with Gasteiger partial charge in [-0.15, -0.1) is 0 Å². The number of aromatic amines is 1. The number of likely N-dealkylation sites (N-methyl/N-ethyl adjacent to an activating group) is 1. The summed E-state index contributed by atoms with van der Waals surface area (Å²) in [6, 6.07) is 6.45. The second kappa shape index (κ2) is 8.34. The number of nitrogens with one attached hydrogen (secondary N) is 1. The van der Waals surface area contributed by atoms with Crippen LogP contribution in [0.15, 0.2) is 18.2 Å². The molecule has 148 valence electrons. The van der Waals surface area contributed by atoms with Gasteiger partial charge in [0.1, 0.15) is 5.75 Å². The molecular weight excluding hydrogens is 340 g/mol. The van der Waals surface area contributed by atoms with Crippen molar-refractivity contribution >= 4 is 16.9 Å². The number of carbonyl (C=O) groups excluding carboxylic acids is 1. The van der Waals surface area contributed by atoms with Crippen molar-refractivity contribution in [1.29, 1.82) is 0 Å². The van der Waals surface area contributed by atoms with Crippen LogP contribution in [0.4, 0.5) is 0 Å². The van der Waals surface area contributed by atoms with Crippen LogP contribution in [0.2, 0.25) is 0 Å². The summed E-state index contributed by atoms with van der Waals surface area (Å²) in [7, 11) is 5.39. The lowest BCUT2D eigenvalue weighted by Crippen LogP contribution is -2.34. The third-order valence-corrected chi connectivity index (χ3v) is 6.35. The molecule has 1 aromatic carbocycles. The van der Waals surface area contributed by atoms with E-state index in [1.54, 1.807) is 7.11 Å². The maximum Gasteiger partial charge on any atom is 0.305 e. The lowest BCUT2D eigenvalue weighted by molar-refractivity contribution is -0.142. The Hall–Kier alpha value is -2.01. The zero-order valence-electron chi connectivity index (χ0n) is 17.2. The van der Waals surface area contributed by atoms with Gasteiger partial charge in [-0.1, -0.05) is 26.3 Å². The summed E-state index contributed by atoms with van der Waals surface area (Å²) in [6.07, 6.45) is 3.50. The molecule has 2 unspecified atom stereocenters. The average molecular weight is 373 g/mol. The fourth-order valence-electron chi connectivity index (χ4n) is 4.41. The Bertz CT molecular complexity index is 798. The number of carbonyl (C=O) groups is 1. The zero-order chi connectivity index (χ0) is 19.6. The summed E-state index contributed by atoms with van der Waals surface area (Å²) >= 11 is 0. The van der Waals surface area contributed by atoms with Gasteiger partial charge in [0.15, 0.2) is 0 Å².